The van der Waals surface area contributed by atoms with Crippen LogP contribution < -0.4 is 21.1 Å². The van der Waals surface area contributed by atoms with Crippen LogP contribution in [0.3, 0.4) is 0 Å². The topological polar surface area (TPSA) is 167 Å². The zero-order chi connectivity index (χ0) is 32.8. The molecule has 1 saturated heterocycles. The Bertz CT molecular complexity index is 1910. The lowest BCUT2D eigenvalue weighted by atomic mass is 9.84. The van der Waals surface area contributed by atoms with E-state index in [2.05, 4.69) is 14.7 Å². The molecule has 12 heteroatoms. The van der Waals surface area contributed by atoms with Crippen LogP contribution in [-0.2, 0) is 27.3 Å². The van der Waals surface area contributed by atoms with E-state index in [9.17, 15) is 19.2 Å². The number of nitrogens with one attached hydrogen (secondary N) is 1. The van der Waals surface area contributed by atoms with Crippen LogP contribution in [0.2, 0.25) is 0 Å². The van der Waals surface area contributed by atoms with E-state index in [1.54, 1.807) is 78.9 Å². The number of cyclic esters (lactones) is 1. The summed E-state index contributed by atoms with van der Waals surface area (Å²) in [4.78, 5) is 54.7. The van der Waals surface area contributed by atoms with Gasteiger partial charge >= 0.3 is 17.8 Å². The quantitative estimate of drug-likeness (QED) is 0.115. The Labute approximate surface area is 268 Å². The summed E-state index contributed by atoms with van der Waals surface area (Å²) in [5, 5.41) is 3.66. The minimum absolute atomic E-state index is 0.0211. The molecule has 0 radical (unpaired) electrons. The fraction of sp³-hybridized carbons (Fsp3) is 0.171. The molecular formula is C35H30N4O8. The summed E-state index contributed by atoms with van der Waals surface area (Å²) < 4.78 is 21.4. The summed E-state index contributed by atoms with van der Waals surface area (Å²) in [5.41, 5.74) is 7.53. The molecule has 1 amide bonds. The molecule has 2 unspecified atom stereocenters. The number of ether oxygens (including phenoxy) is 3. The molecule has 1 aliphatic rings. The summed E-state index contributed by atoms with van der Waals surface area (Å²) in [5.74, 6) is -1.25. The number of hydrogen-bond donors (Lipinski definition) is 2. The highest BCUT2D eigenvalue weighted by Crippen LogP contribution is 2.26. The largest absolute Gasteiger partial charge is 0.490 e. The monoisotopic (exact) mass is 634 g/mol. The predicted octanol–water partition coefficient (Wildman–Crippen LogP) is 4.30. The van der Waals surface area contributed by atoms with Gasteiger partial charge in [-0.15, -0.1) is 0 Å². The van der Waals surface area contributed by atoms with Crippen molar-refractivity contribution in [2.45, 2.75) is 24.7 Å². The number of H-pyrrole nitrogens is 1. The van der Waals surface area contributed by atoms with Gasteiger partial charge in [-0.25, -0.2) is 14.4 Å². The van der Waals surface area contributed by atoms with Gasteiger partial charge < -0.3 is 19.9 Å². The van der Waals surface area contributed by atoms with Crippen LogP contribution in [0.4, 0.5) is 10.5 Å². The van der Waals surface area contributed by atoms with Gasteiger partial charge in [0.1, 0.15) is 19.0 Å². The maximum Gasteiger partial charge on any atom is 0.439 e. The lowest BCUT2D eigenvalue weighted by Crippen LogP contribution is -2.57. The molecule has 0 spiro atoms. The zero-order valence-corrected chi connectivity index (χ0v) is 25.0. The number of aromatic nitrogens is 2. The Morgan fingerprint density at radius 3 is 2.23 bits per heavy atom. The highest BCUT2D eigenvalue weighted by molar-refractivity contribution is 6.16. The van der Waals surface area contributed by atoms with Gasteiger partial charge in [0.2, 0.25) is 0 Å². The maximum atomic E-state index is 13.6. The Hall–Kier alpha value is -6.01. The standard InChI is InChI=1S/C35H30N4O8/c36-35(30(40)25-9-5-2-6-10-25,32(41)45-21-24-7-3-1-4-8-24)19-23-11-17-28(18-12-23)44-22-29-20-39(34(43)46-29)27-15-13-26(14-16-27)31-37-33(42)47-38-31/h1-18,29H,19-22,36H2,(H,37,38,42). The van der Waals surface area contributed by atoms with Crippen LogP contribution >= 0.6 is 0 Å². The van der Waals surface area contributed by atoms with Crippen LogP contribution in [0.15, 0.2) is 119 Å². The molecule has 5 aromatic rings. The number of carbonyl (C=O) groups is 3. The second-order valence-corrected chi connectivity index (χ2v) is 11.0. The second kappa shape index (κ2) is 13.5. The van der Waals surface area contributed by atoms with Gasteiger partial charge in [0.15, 0.2) is 23.3 Å². The Morgan fingerprint density at radius 1 is 0.894 bits per heavy atom. The minimum Gasteiger partial charge on any atom is -0.490 e. The predicted molar refractivity (Wildman–Crippen MR) is 170 cm³/mol. The van der Waals surface area contributed by atoms with Crippen molar-refractivity contribution in [1.29, 1.82) is 0 Å². The van der Waals surface area contributed by atoms with Crippen molar-refractivity contribution in [3.63, 3.8) is 0 Å². The molecule has 1 aliphatic heterocycles. The summed E-state index contributed by atoms with van der Waals surface area (Å²) in [7, 11) is 0. The molecule has 12 nitrogen and oxygen atoms in total. The van der Waals surface area contributed by atoms with Crippen molar-refractivity contribution in [2.75, 3.05) is 18.1 Å². The molecule has 2 heterocycles. The van der Waals surface area contributed by atoms with E-state index in [4.69, 9.17) is 19.9 Å². The maximum absolute atomic E-state index is 13.6. The van der Waals surface area contributed by atoms with E-state index in [1.807, 2.05) is 30.3 Å². The number of benzene rings is 4. The van der Waals surface area contributed by atoms with Gasteiger partial charge in [-0.2, -0.15) is 0 Å². The number of amides is 1. The number of hydrogen-bond acceptors (Lipinski definition) is 10. The number of rotatable bonds is 12. The fourth-order valence-electron chi connectivity index (χ4n) is 5.13. The van der Waals surface area contributed by atoms with Crippen molar-refractivity contribution < 1.29 is 33.1 Å². The first-order valence-corrected chi connectivity index (χ1v) is 14.7. The van der Waals surface area contributed by atoms with Crippen molar-refractivity contribution in [1.82, 2.24) is 10.1 Å². The molecule has 3 N–H and O–H groups in total. The lowest BCUT2D eigenvalue weighted by molar-refractivity contribution is -0.149. The molecule has 1 aromatic heterocycles. The summed E-state index contributed by atoms with van der Waals surface area (Å²) >= 11 is 0. The molecule has 238 valence electrons. The number of nitrogens with two attached hydrogens (primary N) is 1. The van der Waals surface area contributed by atoms with Gasteiger partial charge in [0.05, 0.1) is 6.54 Å². The highest BCUT2D eigenvalue weighted by Gasteiger charge is 2.44. The Balaban J connectivity index is 1.08. The Morgan fingerprint density at radius 2 is 1.57 bits per heavy atom. The van der Waals surface area contributed by atoms with Crippen LogP contribution in [0.1, 0.15) is 21.5 Å². The first-order chi connectivity index (χ1) is 22.8. The first kappa shape index (κ1) is 31.0. The number of esters is 1. The number of aromatic amines is 1. The van der Waals surface area contributed by atoms with Crippen LogP contribution in [-0.4, -0.2) is 52.8 Å². The van der Waals surface area contributed by atoms with Crippen LogP contribution in [0, 0.1) is 0 Å². The van der Waals surface area contributed by atoms with Crippen molar-refractivity contribution in [2.24, 2.45) is 5.73 Å². The van der Waals surface area contributed by atoms with Gasteiger partial charge in [0, 0.05) is 23.2 Å². The van der Waals surface area contributed by atoms with E-state index in [0.29, 0.717) is 28.1 Å². The summed E-state index contributed by atoms with van der Waals surface area (Å²) in [6.45, 7) is 0.338. The van der Waals surface area contributed by atoms with Gasteiger partial charge in [-0.1, -0.05) is 78.0 Å². The molecule has 0 aliphatic carbocycles. The summed E-state index contributed by atoms with van der Waals surface area (Å²) in [6.07, 6.45) is -1.15. The van der Waals surface area contributed by atoms with Gasteiger partial charge in [0.25, 0.3) is 0 Å². The third kappa shape index (κ3) is 7.13. The van der Waals surface area contributed by atoms with E-state index in [0.717, 1.165) is 5.56 Å². The molecule has 47 heavy (non-hydrogen) atoms. The number of nitrogens with zero attached hydrogens (tertiary/aromatic N) is 2. The average Bonchev–Trinajstić information content (AvgIpc) is 3.72. The summed E-state index contributed by atoms with van der Waals surface area (Å²) in [6, 6.07) is 31.2. The number of anilines is 1. The van der Waals surface area contributed by atoms with Crippen molar-refractivity contribution in [3.8, 4) is 17.1 Å². The second-order valence-electron chi connectivity index (χ2n) is 11.0. The number of carbonyl (C=O) groups excluding carboxylic acids is 3. The molecular weight excluding hydrogens is 604 g/mol. The van der Waals surface area contributed by atoms with Crippen molar-refractivity contribution >= 4 is 23.5 Å². The molecule has 2 atom stereocenters. The van der Waals surface area contributed by atoms with Crippen LogP contribution in [0.25, 0.3) is 11.4 Å². The fourth-order valence-corrected chi connectivity index (χ4v) is 5.13. The smallest absolute Gasteiger partial charge is 0.439 e. The van der Waals surface area contributed by atoms with Crippen molar-refractivity contribution in [3.05, 3.63) is 136 Å². The van der Waals surface area contributed by atoms with E-state index in [1.165, 1.54) is 4.90 Å². The zero-order valence-electron chi connectivity index (χ0n) is 25.0. The normalized spacial score (nSPS) is 15.5. The van der Waals surface area contributed by atoms with E-state index < -0.39 is 35.2 Å². The average molecular weight is 635 g/mol. The molecule has 4 aromatic carbocycles. The molecule has 0 bridgehead atoms. The first-order valence-electron chi connectivity index (χ1n) is 14.7. The minimum atomic E-state index is -1.97. The number of ketones is 1. The molecule has 6 rings (SSSR count). The van der Waals surface area contributed by atoms with Gasteiger partial charge in [-0.3, -0.25) is 19.2 Å². The highest BCUT2D eigenvalue weighted by atomic mass is 16.6. The van der Waals surface area contributed by atoms with Crippen LogP contribution in [0.5, 0.6) is 5.75 Å². The molecule has 0 saturated carbocycles. The third-order valence-electron chi connectivity index (χ3n) is 7.63. The lowest BCUT2D eigenvalue weighted by Gasteiger charge is -2.26. The van der Waals surface area contributed by atoms with E-state index in [-0.39, 0.29) is 32.0 Å². The Kier molecular flexibility index (Phi) is 8.93. The van der Waals surface area contributed by atoms with Gasteiger partial charge in [-0.05, 0) is 47.5 Å². The third-order valence-corrected chi connectivity index (χ3v) is 7.63. The SMILES string of the molecule is NC(Cc1ccc(OCC2CN(c3ccc(-c4noc(=O)[nH]4)cc3)C(=O)O2)cc1)(C(=O)OCc1ccccc1)C(=O)c1ccccc1. The van der Waals surface area contributed by atoms with E-state index >= 15 is 0 Å². The molecule has 1 fully saturated rings. The number of Topliss-reactive ketones (excluding diaryl/α,β-unsaturated/α-hetero) is 1.